The second kappa shape index (κ2) is 6.10. The Bertz CT molecular complexity index is 701. The third kappa shape index (κ3) is 2.89. The lowest BCUT2D eigenvalue weighted by atomic mass is 9.82. The van der Waals surface area contributed by atoms with Gasteiger partial charge in [-0.2, -0.15) is 0 Å². The van der Waals surface area contributed by atoms with Crippen LogP contribution in [0.15, 0.2) is 35.5 Å². The van der Waals surface area contributed by atoms with Gasteiger partial charge in [-0.3, -0.25) is 9.59 Å². The van der Waals surface area contributed by atoms with E-state index in [0.29, 0.717) is 34.7 Å². The van der Waals surface area contributed by atoms with Crippen molar-refractivity contribution in [2.75, 3.05) is 0 Å². The second-order valence-corrected chi connectivity index (χ2v) is 7.25. The van der Waals surface area contributed by atoms with Gasteiger partial charge in [-0.1, -0.05) is 11.6 Å². The highest BCUT2D eigenvalue weighted by Gasteiger charge is 2.53. The molecular weight excluding hydrogens is 361 g/mol. The Balaban J connectivity index is 1.92. The molecule has 0 spiro atoms. The topological polar surface area (TPSA) is 66.4 Å². The van der Waals surface area contributed by atoms with Crippen LogP contribution in [0.2, 0.25) is 5.02 Å². The van der Waals surface area contributed by atoms with Gasteiger partial charge in [0.25, 0.3) is 5.91 Å². The summed E-state index contributed by atoms with van der Waals surface area (Å²) in [5.74, 6) is -1.02. The lowest BCUT2D eigenvalue weighted by Gasteiger charge is -2.29. The molecule has 2 N–H and O–H groups in total. The van der Waals surface area contributed by atoms with E-state index in [4.69, 9.17) is 34.8 Å². The Kier molecular flexibility index (Phi) is 4.45. The first kappa shape index (κ1) is 16.8. The maximum Gasteiger partial charge on any atom is 0.261 e. The minimum atomic E-state index is -1.95. The Labute approximate surface area is 148 Å². The Morgan fingerprint density at radius 3 is 2.48 bits per heavy atom. The largest absolute Gasteiger partial charge is 0.375 e. The Morgan fingerprint density at radius 2 is 1.83 bits per heavy atom. The van der Waals surface area contributed by atoms with Crippen molar-refractivity contribution in [2.24, 2.45) is 0 Å². The van der Waals surface area contributed by atoms with Crippen LogP contribution in [0.4, 0.5) is 0 Å². The molecule has 0 aromatic heterocycles. The summed E-state index contributed by atoms with van der Waals surface area (Å²) in [5, 5.41) is 13.0. The van der Waals surface area contributed by atoms with Gasteiger partial charge in [-0.25, -0.2) is 0 Å². The van der Waals surface area contributed by atoms with Crippen LogP contribution in [0.3, 0.4) is 0 Å². The summed E-state index contributed by atoms with van der Waals surface area (Å²) < 4.78 is 0. The first-order valence-corrected chi connectivity index (χ1v) is 8.43. The van der Waals surface area contributed by atoms with Crippen LogP contribution < -0.4 is 5.32 Å². The number of carbonyl (C=O) groups is 2. The molecule has 0 saturated carbocycles. The summed E-state index contributed by atoms with van der Waals surface area (Å²) >= 11 is 18.3. The van der Waals surface area contributed by atoms with Crippen molar-refractivity contribution in [2.45, 2.75) is 35.6 Å². The van der Waals surface area contributed by atoms with Crippen molar-refractivity contribution in [1.29, 1.82) is 0 Å². The highest BCUT2D eigenvalue weighted by atomic mass is 35.5. The molecule has 3 atom stereocenters. The van der Waals surface area contributed by atoms with Crippen molar-refractivity contribution in [3.05, 3.63) is 46.1 Å². The molecule has 0 saturated heterocycles. The minimum absolute atomic E-state index is 0.331. The van der Waals surface area contributed by atoms with Crippen molar-refractivity contribution in [3.8, 4) is 0 Å². The van der Waals surface area contributed by atoms with Gasteiger partial charge in [0, 0.05) is 21.9 Å². The summed E-state index contributed by atoms with van der Waals surface area (Å²) in [6, 6.07) is 6.27. The van der Waals surface area contributed by atoms with Gasteiger partial charge in [-0.05, 0) is 37.1 Å². The summed E-state index contributed by atoms with van der Waals surface area (Å²) in [4.78, 5) is 24.7. The third-order valence-electron chi connectivity index (χ3n) is 4.24. The molecule has 4 nitrogen and oxygen atoms in total. The van der Waals surface area contributed by atoms with E-state index < -0.39 is 22.3 Å². The fraction of sp³-hybridized carbons (Fsp3) is 0.375. The van der Waals surface area contributed by atoms with E-state index in [0.717, 1.165) is 0 Å². The van der Waals surface area contributed by atoms with Crippen LogP contribution in [-0.2, 0) is 4.79 Å². The molecule has 1 heterocycles. The zero-order chi connectivity index (χ0) is 16.8. The lowest BCUT2D eigenvalue weighted by Crippen LogP contribution is -2.44. The van der Waals surface area contributed by atoms with Crippen LogP contribution >= 0.6 is 34.8 Å². The van der Waals surface area contributed by atoms with Crippen molar-refractivity contribution in [1.82, 2.24) is 5.32 Å². The number of nitrogens with one attached hydrogen (secondary N) is 1. The number of benzene rings is 1. The van der Waals surface area contributed by atoms with Crippen LogP contribution in [0.25, 0.3) is 0 Å². The molecule has 7 heteroatoms. The number of Topliss-reactive ketones (excluding diaryl/α,β-unsaturated/α-hetero) is 1. The summed E-state index contributed by atoms with van der Waals surface area (Å²) in [6.07, 6.45) is 0.767. The number of carbonyl (C=O) groups excluding carboxylic acids is 2. The number of ketones is 1. The van der Waals surface area contributed by atoms with Crippen molar-refractivity contribution >= 4 is 46.5 Å². The zero-order valence-electron chi connectivity index (χ0n) is 12.0. The van der Waals surface area contributed by atoms with Crippen LogP contribution in [-0.4, -0.2) is 33.2 Å². The molecular formula is C16H14Cl3NO3. The number of allylic oxidation sites excluding steroid dienone is 1. The monoisotopic (exact) mass is 373 g/mol. The van der Waals surface area contributed by atoms with E-state index in [1.807, 2.05) is 0 Å². The van der Waals surface area contributed by atoms with E-state index in [1.54, 1.807) is 24.3 Å². The molecule has 122 valence electrons. The maximum atomic E-state index is 12.4. The van der Waals surface area contributed by atoms with Crippen molar-refractivity contribution < 1.29 is 14.7 Å². The van der Waals surface area contributed by atoms with Gasteiger partial charge < -0.3 is 10.4 Å². The minimum Gasteiger partial charge on any atom is -0.375 e. The van der Waals surface area contributed by atoms with Gasteiger partial charge in [0.15, 0.2) is 11.4 Å². The van der Waals surface area contributed by atoms with Crippen LogP contribution in [0, 0.1) is 0 Å². The second-order valence-electron chi connectivity index (χ2n) is 5.76. The number of aliphatic hydroxyl groups is 1. The van der Waals surface area contributed by atoms with E-state index in [9.17, 15) is 14.7 Å². The molecule has 1 amide bonds. The van der Waals surface area contributed by atoms with E-state index in [-0.39, 0.29) is 12.2 Å². The molecule has 2 aliphatic rings. The number of alkyl halides is 2. The van der Waals surface area contributed by atoms with Crippen LogP contribution in [0.5, 0.6) is 0 Å². The Hall–Kier alpha value is -1.07. The molecule has 1 aromatic carbocycles. The molecule has 0 radical (unpaired) electrons. The van der Waals surface area contributed by atoms with E-state index >= 15 is 0 Å². The lowest BCUT2D eigenvalue weighted by molar-refractivity contribution is -0.133. The molecule has 3 unspecified atom stereocenters. The van der Waals surface area contributed by atoms with Gasteiger partial charge in [0.1, 0.15) is 0 Å². The smallest absolute Gasteiger partial charge is 0.261 e. The van der Waals surface area contributed by atoms with Gasteiger partial charge in [0.05, 0.1) is 17.2 Å². The number of hydrogen-bond acceptors (Lipinski definition) is 3. The van der Waals surface area contributed by atoms with Gasteiger partial charge in [0.2, 0.25) is 0 Å². The quantitative estimate of drug-likeness (QED) is 0.631. The molecule has 1 aliphatic carbocycles. The van der Waals surface area contributed by atoms with Gasteiger partial charge in [-0.15, -0.1) is 23.2 Å². The maximum absolute atomic E-state index is 12.4. The summed E-state index contributed by atoms with van der Waals surface area (Å²) in [6.45, 7) is 0. The first-order valence-electron chi connectivity index (χ1n) is 7.18. The fourth-order valence-corrected chi connectivity index (χ4v) is 3.89. The predicted octanol–water partition coefficient (Wildman–Crippen LogP) is 3.04. The zero-order valence-corrected chi connectivity index (χ0v) is 14.3. The number of halogens is 3. The predicted molar refractivity (Wildman–Crippen MR) is 89.0 cm³/mol. The summed E-state index contributed by atoms with van der Waals surface area (Å²) in [5.41, 5.74) is -0.812. The first-order chi connectivity index (χ1) is 10.8. The summed E-state index contributed by atoms with van der Waals surface area (Å²) in [7, 11) is 0. The normalized spacial score (nSPS) is 30.2. The average molecular weight is 375 g/mol. The fourth-order valence-electron chi connectivity index (χ4n) is 3.04. The molecule has 23 heavy (non-hydrogen) atoms. The van der Waals surface area contributed by atoms with Gasteiger partial charge >= 0.3 is 0 Å². The molecule has 0 fully saturated rings. The number of hydrogen-bond donors (Lipinski definition) is 2. The molecule has 1 aromatic rings. The SMILES string of the molecule is O=C(CC1(O)C(=O)NC2=C1C(Cl)CCC2Cl)c1ccc(Cl)cc1. The standard InChI is InChI=1S/C16H14Cl3NO3/c17-9-3-1-8(2-4-9)12(21)7-16(23)13-10(18)5-6-11(19)14(13)20-15(16)22/h1-4,10-11,23H,5-7H2,(H,20,22). The molecule has 1 aliphatic heterocycles. The van der Waals surface area contributed by atoms with E-state index in [1.165, 1.54) is 0 Å². The highest BCUT2D eigenvalue weighted by Crippen LogP contribution is 2.43. The molecule has 3 rings (SSSR count). The van der Waals surface area contributed by atoms with Crippen LogP contribution in [0.1, 0.15) is 29.6 Å². The molecule has 0 bridgehead atoms. The number of rotatable bonds is 3. The van der Waals surface area contributed by atoms with Crippen molar-refractivity contribution in [3.63, 3.8) is 0 Å². The van der Waals surface area contributed by atoms with E-state index in [2.05, 4.69) is 5.32 Å². The number of amides is 1. The Morgan fingerprint density at radius 1 is 1.22 bits per heavy atom. The highest BCUT2D eigenvalue weighted by molar-refractivity contribution is 6.30. The third-order valence-corrected chi connectivity index (χ3v) is 5.37. The average Bonchev–Trinajstić information content (AvgIpc) is 2.77.